The number of carbonyl (C=O) groups excluding carboxylic acids is 1. The van der Waals surface area contributed by atoms with E-state index in [1.165, 1.54) is 11.5 Å². The summed E-state index contributed by atoms with van der Waals surface area (Å²) in [6, 6.07) is -0.220. The predicted octanol–water partition coefficient (Wildman–Crippen LogP) is 0.647. The van der Waals surface area contributed by atoms with Crippen molar-refractivity contribution in [2.45, 2.75) is 25.8 Å². The van der Waals surface area contributed by atoms with Crippen molar-refractivity contribution in [3.8, 4) is 0 Å². The molecular weight excluding hydrogens is 312 g/mol. The Hall–Kier alpha value is -1.19. The Balaban J connectivity index is 2.14. The highest BCUT2D eigenvalue weighted by Gasteiger charge is 2.29. The van der Waals surface area contributed by atoms with E-state index < -0.39 is 10.0 Å². The molecule has 0 spiro atoms. The number of amides is 1. The Morgan fingerprint density at radius 3 is 2.81 bits per heavy atom. The summed E-state index contributed by atoms with van der Waals surface area (Å²) in [5.74, 6) is -0.0920. The highest BCUT2D eigenvalue weighted by Crippen LogP contribution is 2.26. The van der Waals surface area contributed by atoms with Crippen molar-refractivity contribution in [2.75, 3.05) is 31.7 Å². The molecule has 2 rings (SSSR count). The quantitative estimate of drug-likeness (QED) is 0.844. The second kappa shape index (κ2) is 6.29. The molecule has 9 heteroatoms. The standard InChI is InChI=1S/C12H20N4O3S2/c1-8-10(11(13-2)20-14-8)12(17)16-6-4-5-9(7-16)15-21(3,18)19/h9,13,15H,4-7H2,1-3H3/t9-/m0/s1. The van der Waals surface area contributed by atoms with Crippen molar-refractivity contribution in [3.05, 3.63) is 11.3 Å². The molecule has 0 radical (unpaired) electrons. The molecule has 1 aromatic heterocycles. The summed E-state index contributed by atoms with van der Waals surface area (Å²) >= 11 is 1.26. The number of rotatable bonds is 4. The number of aromatic nitrogens is 1. The van der Waals surface area contributed by atoms with Gasteiger partial charge in [-0.2, -0.15) is 4.37 Å². The van der Waals surface area contributed by atoms with Crippen LogP contribution in [0.15, 0.2) is 0 Å². The van der Waals surface area contributed by atoms with E-state index in [1.807, 2.05) is 0 Å². The lowest BCUT2D eigenvalue weighted by atomic mass is 10.1. The monoisotopic (exact) mass is 332 g/mol. The van der Waals surface area contributed by atoms with Crippen LogP contribution in [0.4, 0.5) is 5.00 Å². The molecule has 1 fully saturated rings. The molecule has 21 heavy (non-hydrogen) atoms. The van der Waals surface area contributed by atoms with E-state index >= 15 is 0 Å². The molecule has 0 bridgehead atoms. The number of hydrogen-bond acceptors (Lipinski definition) is 6. The van der Waals surface area contributed by atoms with Gasteiger partial charge in [0.1, 0.15) is 5.00 Å². The minimum absolute atomic E-state index is 0.0920. The molecule has 1 aliphatic heterocycles. The number of anilines is 1. The van der Waals surface area contributed by atoms with E-state index in [1.54, 1.807) is 18.9 Å². The van der Waals surface area contributed by atoms with Crippen molar-refractivity contribution < 1.29 is 13.2 Å². The zero-order chi connectivity index (χ0) is 15.6. The number of piperidine rings is 1. The van der Waals surface area contributed by atoms with Gasteiger partial charge in [0.05, 0.1) is 17.5 Å². The van der Waals surface area contributed by atoms with E-state index in [0.717, 1.165) is 24.1 Å². The summed E-state index contributed by atoms with van der Waals surface area (Å²) in [6.45, 7) is 2.84. The van der Waals surface area contributed by atoms with Crippen molar-refractivity contribution in [1.82, 2.24) is 14.0 Å². The van der Waals surface area contributed by atoms with E-state index in [9.17, 15) is 13.2 Å². The van der Waals surface area contributed by atoms with Crippen LogP contribution in [0.25, 0.3) is 0 Å². The van der Waals surface area contributed by atoms with Crippen LogP contribution in [0.3, 0.4) is 0 Å². The van der Waals surface area contributed by atoms with Crippen molar-refractivity contribution in [2.24, 2.45) is 0 Å². The van der Waals surface area contributed by atoms with Crippen LogP contribution in [0.2, 0.25) is 0 Å². The molecule has 1 saturated heterocycles. The summed E-state index contributed by atoms with van der Waals surface area (Å²) in [5.41, 5.74) is 1.29. The maximum atomic E-state index is 12.6. The normalized spacial score (nSPS) is 19.6. The molecule has 1 amide bonds. The first-order chi connectivity index (χ1) is 9.81. The third kappa shape index (κ3) is 3.92. The molecular formula is C12H20N4O3S2. The Bertz CT molecular complexity index is 626. The Morgan fingerprint density at radius 2 is 2.19 bits per heavy atom. The van der Waals surface area contributed by atoms with E-state index in [-0.39, 0.29) is 11.9 Å². The Labute approximate surface area is 128 Å². The number of carbonyl (C=O) groups is 1. The number of aryl methyl sites for hydroxylation is 1. The van der Waals surface area contributed by atoms with Crippen LogP contribution < -0.4 is 10.0 Å². The second-order valence-corrected chi connectivity index (χ2v) is 7.76. The molecule has 1 aliphatic rings. The molecule has 2 N–H and O–H groups in total. The fourth-order valence-electron chi connectivity index (χ4n) is 2.51. The number of nitrogens with one attached hydrogen (secondary N) is 2. The average molecular weight is 332 g/mol. The molecule has 0 aliphatic carbocycles. The summed E-state index contributed by atoms with van der Waals surface area (Å²) in [5, 5.41) is 3.73. The van der Waals surface area contributed by atoms with Crippen LogP contribution in [0.1, 0.15) is 28.9 Å². The van der Waals surface area contributed by atoms with E-state index in [2.05, 4.69) is 14.4 Å². The average Bonchev–Trinajstić information content (AvgIpc) is 2.77. The van der Waals surface area contributed by atoms with Gasteiger partial charge in [-0.25, -0.2) is 13.1 Å². The first-order valence-corrected chi connectivity index (χ1v) is 9.39. The summed E-state index contributed by atoms with van der Waals surface area (Å²) in [6.07, 6.45) is 2.67. The van der Waals surface area contributed by atoms with Crippen LogP contribution >= 0.6 is 11.5 Å². The third-order valence-electron chi connectivity index (χ3n) is 3.39. The predicted molar refractivity (Wildman–Crippen MR) is 83.3 cm³/mol. The van der Waals surface area contributed by atoms with Crippen molar-refractivity contribution >= 4 is 32.5 Å². The van der Waals surface area contributed by atoms with Gasteiger partial charge in [-0.1, -0.05) is 0 Å². The zero-order valence-electron chi connectivity index (χ0n) is 12.3. The van der Waals surface area contributed by atoms with Gasteiger partial charge in [0, 0.05) is 26.2 Å². The maximum Gasteiger partial charge on any atom is 0.258 e. The first kappa shape index (κ1) is 16.2. The lowest BCUT2D eigenvalue weighted by Gasteiger charge is -2.32. The fraction of sp³-hybridized carbons (Fsp3) is 0.667. The van der Waals surface area contributed by atoms with E-state index in [0.29, 0.717) is 24.3 Å². The number of sulfonamides is 1. The van der Waals surface area contributed by atoms with Crippen molar-refractivity contribution in [1.29, 1.82) is 0 Å². The van der Waals surface area contributed by atoms with Crippen LogP contribution in [-0.2, 0) is 10.0 Å². The molecule has 0 aromatic carbocycles. The van der Waals surface area contributed by atoms with Gasteiger partial charge in [-0.15, -0.1) is 0 Å². The first-order valence-electron chi connectivity index (χ1n) is 6.72. The van der Waals surface area contributed by atoms with Gasteiger partial charge in [0.25, 0.3) is 5.91 Å². The molecule has 0 unspecified atom stereocenters. The number of hydrogen-bond donors (Lipinski definition) is 2. The summed E-state index contributed by atoms with van der Waals surface area (Å²) < 4.78 is 29.4. The van der Waals surface area contributed by atoms with Gasteiger partial charge in [-0.05, 0) is 31.3 Å². The highest BCUT2D eigenvalue weighted by molar-refractivity contribution is 7.88. The smallest absolute Gasteiger partial charge is 0.258 e. The van der Waals surface area contributed by atoms with Crippen molar-refractivity contribution in [3.63, 3.8) is 0 Å². The second-order valence-electron chi connectivity index (χ2n) is 5.20. The summed E-state index contributed by atoms with van der Waals surface area (Å²) in [4.78, 5) is 14.3. The van der Waals surface area contributed by atoms with Gasteiger partial charge in [0.15, 0.2) is 0 Å². The molecule has 118 valence electrons. The Kier molecular flexibility index (Phi) is 4.84. The third-order valence-corrected chi connectivity index (χ3v) is 5.11. The number of nitrogens with zero attached hydrogens (tertiary/aromatic N) is 2. The van der Waals surface area contributed by atoms with Crippen LogP contribution in [0, 0.1) is 6.92 Å². The largest absolute Gasteiger partial charge is 0.378 e. The zero-order valence-corrected chi connectivity index (χ0v) is 14.0. The lowest BCUT2D eigenvalue weighted by Crippen LogP contribution is -2.49. The molecule has 1 atom stereocenters. The Morgan fingerprint density at radius 1 is 1.48 bits per heavy atom. The van der Waals surface area contributed by atoms with Crippen LogP contribution in [0.5, 0.6) is 0 Å². The highest BCUT2D eigenvalue weighted by atomic mass is 32.2. The number of likely N-dealkylation sites (tertiary alicyclic amines) is 1. The topological polar surface area (TPSA) is 91.4 Å². The molecule has 1 aromatic rings. The molecule has 7 nitrogen and oxygen atoms in total. The minimum Gasteiger partial charge on any atom is -0.378 e. The van der Waals surface area contributed by atoms with Gasteiger partial charge >= 0.3 is 0 Å². The van der Waals surface area contributed by atoms with Gasteiger partial charge in [0.2, 0.25) is 10.0 Å². The van der Waals surface area contributed by atoms with Gasteiger partial charge in [-0.3, -0.25) is 4.79 Å². The summed E-state index contributed by atoms with van der Waals surface area (Å²) in [7, 11) is -1.50. The lowest BCUT2D eigenvalue weighted by molar-refractivity contribution is 0.0703. The minimum atomic E-state index is -3.26. The SMILES string of the molecule is CNc1snc(C)c1C(=O)N1CCC[C@H](NS(C)(=O)=O)C1. The molecule has 0 saturated carbocycles. The van der Waals surface area contributed by atoms with Crippen LogP contribution in [-0.4, -0.2) is 56.0 Å². The fourth-order valence-corrected chi connectivity index (χ4v) is 4.05. The van der Waals surface area contributed by atoms with E-state index in [4.69, 9.17) is 0 Å². The van der Waals surface area contributed by atoms with Gasteiger partial charge < -0.3 is 10.2 Å². The maximum absolute atomic E-state index is 12.6. The molecule has 2 heterocycles.